The summed E-state index contributed by atoms with van der Waals surface area (Å²) in [6, 6.07) is 6.31. The lowest BCUT2D eigenvalue weighted by molar-refractivity contribution is 0.338. The molecule has 0 saturated heterocycles. The van der Waals surface area contributed by atoms with Gasteiger partial charge in [0.2, 0.25) is 0 Å². The maximum atomic E-state index is 5.78. The van der Waals surface area contributed by atoms with E-state index < -0.39 is 0 Å². The van der Waals surface area contributed by atoms with E-state index in [1.54, 1.807) is 0 Å². The van der Waals surface area contributed by atoms with E-state index in [2.05, 4.69) is 44.9 Å². The van der Waals surface area contributed by atoms with Crippen molar-refractivity contribution in [3.05, 3.63) is 23.8 Å². The highest BCUT2D eigenvalue weighted by atomic mass is 16.5. The van der Waals surface area contributed by atoms with Gasteiger partial charge in [0.1, 0.15) is 5.75 Å². The van der Waals surface area contributed by atoms with Crippen LogP contribution >= 0.6 is 0 Å². The Bertz CT molecular complexity index is 388. The summed E-state index contributed by atoms with van der Waals surface area (Å²) in [6.07, 6.45) is 0. The number of nitrogens with two attached hydrogens (primary N) is 1. The maximum absolute atomic E-state index is 5.78. The highest BCUT2D eigenvalue weighted by Gasteiger charge is 2.18. The summed E-state index contributed by atoms with van der Waals surface area (Å²) in [4.78, 5) is 2.25. The number of ether oxygens (including phenoxy) is 1. The van der Waals surface area contributed by atoms with Crippen molar-refractivity contribution in [2.45, 2.75) is 27.7 Å². The Morgan fingerprint density at radius 3 is 2.50 bits per heavy atom. The summed E-state index contributed by atoms with van der Waals surface area (Å²) in [7, 11) is 2.10. The molecule has 3 heteroatoms. The van der Waals surface area contributed by atoms with Gasteiger partial charge in [0, 0.05) is 19.3 Å². The third-order valence-electron chi connectivity index (χ3n) is 3.12. The third-order valence-corrected chi connectivity index (χ3v) is 3.12. The van der Waals surface area contributed by atoms with Crippen LogP contribution in [0.15, 0.2) is 18.2 Å². The highest BCUT2D eigenvalue weighted by Crippen LogP contribution is 2.26. The molecule has 0 aliphatic carbocycles. The monoisotopic (exact) mass is 250 g/mol. The summed E-state index contributed by atoms with van der Waals surface area (Å²) >= 11 is 0. The number of rotatable bonds is 6. The minimum atomic E-state index is 0.126. The molecule has 1 aromatic rings. The molecule has 0 atom stereocenters. The fourth-order valence-corrected chi connectivity index (χ4v) is 1.99. The van der Waals surface area contributed by atoms with Crippen molar-refractivity contribution in [3.63, 3.8) is 0 Å². The molecule has 0 aromatic heterocycles. The summed E-state index contributed by atoms with van der Waals surface area (Å²) in [5.74, 6) is 0.965. The first kappa shape index (κ1) is 14.8. The van der Waals surface area contributed by atoms with Gasteiger partial charge in [0.05, 0.1) is 6.61 Å². The average Bonchev–Trinajstić information content (AvgIpc) is 2.31. The van der Waals surface area contributed by atoms with E-state index >= 15 is 0 Å². The van der Waals surface area contributed by atoms with E-state index in [9.17, 15) is 0 Å². The van der Waals surface area contributed by atoms with Gasteiger partial charge >= 0.3 is 0 Å². The van der Waals surface area contributed by atoms with Gasteiger partial charge in [0.15, 0.2) is 0 Å². The second-order valence-electron chi connectivity index (χ2n) is 5.61. The van der Waals surface area contributed by atoms with Crippen molar-refractivity contribution >= 4 is 5.69 Å². The first-order chi connectivity index (χ1) is 8.39. The summed E-state index contributed by atoms with van der Waals surface area (Å²) in [5, 5.41) is 0. The Labute approximate surface area is 111 Å². The van der Waals surface area contributed by atoms with Crippen LogP contribution in [0.1, 0.15) is 26.3 Å². The van der Waals surface area contributed by atoms with Gasteiger partial charge in [-0.3, -0.25) is 0 Å². The lowest BCUT2D eigenvalue weighted by Crippen LogP contribution is -2.36. The van der Waals surface area contributed by atoms with Gasteiger partial charge in [-0.2, -0.15) is 0 Å². The smallest absolute Gasteiger partial charge is 0.122 e. The van der Waals surface area contributed by atoms with E-state index in [1.165, 1.54) is 11.3 Å². The van der Waals surface area contributed by atoms with Crippen molar-refractivity contribution in [1.82, 2.24) is 0 Å². The standard InChI is InChI=1S/C15H26N2O/c1-6-18-14-8-7-13(9-12(14)2)17(5)11-15(3,4)10-16/h7-9H,6,10-11,16H2,1-5H3. The van der Waals surface area contributed by atoms with Crippen molar-refractivity contribution in [2.24, 2.45) is 11.1 Å². The van der Waals surface area contributed by atoms with E-state index in [0.717, 1.165) is 12.3 Å². The molecule has 0 unspecified atom stereocenters. The van der Waals surface area contributed by atoms with Crippen LogP contribution in [0.3, 0.4) is 0 Å². The third kappa shape index (κ3) is 3.91. The Balaban J connectivity index is 2.81. The number of hydrogen-bond donors (Lipinski definition) is 1. The zero-order chi connectivity index (χ0) is 13.8. The van der Waals surface area contributed by atoms with E-state index in [1.807, 2.05) is 13.0 Å². The van der Waals surface area contributed by atoms with E-state index in [4.69, 9.17) is 10.5 Å². The van der Waals surface area contributed by atoms with Gasteiger partial charge in [0.25, 0.3) is 0 Å². The first-order valence-corrected chi connectivity index (χ1v) is 6.54. The summed E-state index contributed by atoms with van der Waals surface area (Å²) in [5.41, 5.74) is 8.28. The molecule has 18 heavy (non-hydrogen) atoms. The average molecular weight is 250 g/mol. The quantitative estimate of drug-likeness (QED) is 0.843. The minimum Gasteiger partial charge on any atom is -0.494 e. The Morgan fingerprint density at radius 2 is 2.00 bits per heavy atom. The molecule has 1 rings (SSSR count). The summed E-state index contributed by atoms with van der Waals surface area (Å²) in [6.45, 7) is 10.8. The molecule has 3 nitrogen and oxygen atoms in total. The van der Waals surface area contributed by atoms with Gasteiger partial charge in [-0.15, -0.1) is 0 Å². The molecule has 0 aliphatic rings. The van der Waals surface area contributed by atoms with Crippen LogP contribution in [-0.2, 0) is 0 Å². The normalized spacial score (nSPS) is 11.4. The van der Waals surface area contributed by atoms with Crippen LogP contribution in [-0.4, -0.2) is 26.7 Å². The van der Waals surface area contributed by atoms with Crippen molar-refractivity contribution < 1.29 is 4.74 Å². The number of hydrogen-bond acceptors (Lipinski definition) is 3. The molecule has 0 bridgehead atoms. The van der Waals surface area contributed by atoms with Crippen LogP contribution in [0, 0.1) is 12.3 Å². The molecular weight excluding hydrogens is 224 g/mol. The van der Waals surface area contributed by atoms with Crippen molar-refractivity contribution in [2.75, 3.05) is 31.6 Å². The Hall–Kier alpha value is -1.22. The molecule has 0 amide bonds. The Kier molecular flexibility index (Phi) is 5.03. The molecule has 0 heterocycles. The molecule has 2 N–H and O–H groups in total. The lowest BCUT2D eigenvalue weighted by Gasteiger charge is -2.30. The largest absolute Gasteiger partial charge is 0.494 e. The fraction of sp³-hybridized carbons (Fsp3) is 0.600. The predicted molar refractivity (Wildman–Crippen MR) is 78.5 cm³/mol. The van der Waals surface area contributed by atoms with Crippen molar-refractivity contribution in [1.29, 1.82) is 0 Å². The minimum absolute atomic E-state index is 0.126. The predicted octanol–water partition coefficient (Wildman–Crippen LogP) is 2.81. The van der Waals surface area contributed by atoms with Gasteiger partial charge in [-0.25, -0.2) is 0 Å². The number of aryl methyl sites for hydroxylation is 1. The van der Waals surface area contributed by atoms with Gasteiger partial charge in [-0.1, -0.05) is 13.8 Å². The maximum Gasteiger partial charge on any atom is 0.122 e. The first-order valence-electron chi connectivity index (χ1n) is 6.54. The molecule has 0 radical (unpaired) electrons. The van der Waals surface area contributed by atoms with Crippen LogP contribution in [0.25, 0.3) is 0 Å². The molecule has 1 aromatic carbocycles. The van der Waals surface area contributed by atoms with E-state index in [-0.39, 0.29) is 5.41 Å². The zero-order valence-corrected chi connectivity index (χ0v) is 12.3. The molecule has 0 fully saturated rings. The highest BCUT2D eigenvalue weighted by molar-refractivity contribution is 5.52. The van der Waals surface area contributed by atoms with Gasteiger partial charge in [-0.05, 0) is 49.6 Å². The SMILES string of the molecule is CCOc1ccc(N(C)CC(C)(C)CN)cc1C. The molecule has 0 saturated carbocycles. The topological polar surface area (TPSA) is 38.5 Å². The van der Waals surface area contributed by atoms with Crippen LogP contribution in [0.5, 0.6) is 5.75 Å². The van der Waals surface area contributed by atoms with Crippen LogP contribution in [0.2, 0.25) is 0 Å². The molecule has 0 spiro atoms. The van der Waals surface area contributed by atoms with E-state index in [0.29, 0.717) is 13.2 Å². The fourth-order valence-electron chi connectivity index (χ4n) is 1.99. The molecule has 102 valence electrons. The summed E-state index contributed by atoms with van der Waals surface area (Å²) < 4.78 is 5.55. The second-order valence-corrected chi connectivity index (χ2v) is 5.61. The lowest BCUT2D eigenvalue weighted by atomic mass is 9.93. The van der Waals surface area contributed by atoms with Gasteiger partial charge < -0.3 is 15.4 Å². The van der Waals surface area contributed by atoms with Crippen LogP contribution in [0.4, 0.5) is 5.69 Å². The van der Waals surface area contributed by atoms with Crippen molar-refractivity contribution in [3.8, 4) is 5.75 Å². The number of anilines is 1. The molecule has 0 aliphatic heterocycles. The van der Waals surface area contributed by atoms with Crippen LogP contribution < -0.4 is 15.4 Å². The second kappa shape index (κ2) is 6.10. The zero-order valence-electron chi connectivity index (χ0n) is 12.3. The number of benzene rings is 1. The Morgan fingerprint density at radius 1 is 1.33 bits per heavy atom. The molecular formula is C15H26N2O. The number of nitrogens with zero attached hydrogens (tertiary/aromatic N) is 1.